The van der Waals surface area contributed by atoms with E-state index in [-0.39, 0.29) is 6.61 Å². The van der Waals surface area contributed by atoms with Crippen molar-refractivity contribution in [1.82, 2.24) is 10.2 Å². The molecule has 0 amide bonds. The number of rotatable bonds is 6. The average molecular weight is 297 g/mol. The maximum atomic E-state index is 8.94. The molecule has 1 aromatic rings. The van der Waals surface area contributed by atoms with Gasteiger partial charge in [-0.05, 0) is 63.0 Å². The second-order valence-electron chi connectivity index (χ2n) is 5.69. The van der Waals surface area contributed by atoms with Gasteiger partial charge in [-0.2, -0.15) is 0 Å². The van der Waals surface area contributed by atoms with Crippen molar-refractivity contribution in [1.29, 1.82) is 0 Å². The van der Waals surface area contributed by atoms with Crippen molar-refractivity contribution in [3.8, 4) is 0 Å². The molecule has 0 aliphatic carbocycles. The first kappa shape index (κ1) is 15.8. The van der Waals surface area contributed by atoms with Crippen molar-refractivity contribution in [2.24, 2.45) is 5.92 Å². The van der Waals surface area contributed by atoms with E-state index < -0.39 is 0 Å². The van der Waals surface area contributed by atoms with E-state index in [1.807, 2.05) is 12.1 Å². The number of piperidine rings is 1. The largest absolute Gasteiger partial charge is 0.395 e. The minimum atomic E-state index is 0.274. The smallest absolute Gasteiger partial charge is 0.0558 e. The molecule has 1 aliphatic heterocycles. The van der Waals surface area contributed by atoms with E-state index in [4.69, 9.17) is 16.7 Å². The van der Waals surface area contributed by atoms with Gasteiger partial charge >= 0.3 is 0 Å². The number of aliphatic hydroxyl groups excluding tert-OH is 1. The second kappa shape index (κ2) is 7.99. The fourth-order valence-corrected chi connectivity index (χ4v) is 2.89. The third kappa shape index (κ3) is 4.74. The summed E-state index contributed by atoms with van der Waals surface area (Å²) in [5.41, 5.74) is 1.28. The third-order valence-electron chi connectivity index (χ3n) is 4.21. The Kier molecular flexibility index (Phi) is 6.30. The van der Waals surface area contributed by atoms with Gasteiger partial charge < -0.3 is 15.3 Å². The van der Waals surface area contributed by atoms with E-state index in [2.05, 4.69) is 29.3 Å². The average Bonchev–Trinajstić information content (AvgIpc) is 2.47. The number of hydrogen-bond donors (Lipinski definition) is 2. The lowest BCUT2D eigenvalue weighted by molar-refractivity contribution is 0.146. The normalized spacial score (nSPS) is 19.1. The maximum absolute atomic E-state index is 8.94. The van der Waals surface area contributed by atoms with Gasteiger partial charge in [0.2, 0.25) is 0 Å². The molecule has 20 heavy (non-hydrogen) atoms. The molecule has 0 aromatic heterocycles. The zero-order chi connectivity index (χ0) is 14.4. The molecule has 112 valence electrons. The quantitative estimate of drug-likeness (QED) is 0.847. The van der Waals surface area contributed by atoms with E-state index in [1.54, 1.807) is 0 Å². The van der Waals surface area contributed by atoms with Crippen LogP contribution < -0.4 is 5.32 Å². The van der Waals surface area contributed by atoms with Crippen molar-refractivity contribution in [3.05, 3.63) is 34.9 Å². The van der Waals surface area contributed by atoms with Gasteiger partial charge in [0.15, 0.2) is 0 Å². The molecule has 1 atom stereocenters. The van der Waals surface area contributed by atoms with Gasteiger partial charge in [-0.3, -0.25) is 0 Å². The Morgan fingerprint density at radius 3 is 2.55 bits per heavy atom. The standard InChI is InChI=1S/C16H25ClN2O/c1-13(15-2-4-16(17)5-3-15)18-12-14-6-8-19(9-7-14)10-11-20/h2-5,13-14,18,20H,6-12H2,1H3/t13-/m0/s1. The molecular formula is C16H25ClN2O. The third-order valence-corrected chi connectivity index (χ3v) is 4.46. The Balaban J connectivity index is 1.71. The number of halogens is 1. The van der Waals surface area contributed by atoms with E-state index in [1.165, 1.54) is 18.4 Å². The Morgan fingerprint density at radius 2 is 1.95 bits per heavy atom. The summed E-state index contributed by atoms with van der Waals surface area (Å²) >= 11 is 5.91. The molecule has 1 fully saturated rings. The molecular weight excluding hydrogens is 272 g/mol. The van der Waals surface area contributed by atoms with Crippen LogP contribution in [0.2, 0.25) is 5.02 Å². The molecule has 2 rings (SSSR count). The van der Waals surface area contributed by atoms with Gasteiger partial charge in [0.25, 0.3) is 0 Å². The van der Waals surface area contributed by atoms with Crippen LogP contribution in [-0.2, 0) is 0 Å². The van der Waals surface area contributed by atoms with Gasteiger partial charge in [0.05, 0.1) is 6.61 Å². The summed E-state index contributed by atoms with van der Waals surface area (Å²) in [7, 11) is 0. The first-order chi connectivity index (χ1) is 9.69. The van der Waals surface area contributed by atoms with Crippen LogP contribution in [0.5, 0.6) is 0 Å². The molecule has 1 heterocycles. The maximum Gasteiger partial charge on any atom is 0.0558 e. The molecule has 0 unspecified atom stereocenters. The van der Waals surface area contributed by atoms with E-state index >= 15 is 0 Å². The minimum Gasteiger partial charge on any atom is -0.395 e. The number of likely N-dealkylation sites (tertiary alicyclic amines) is 1. The molecule has 1 saturated heterocycles. The van der Waals surface area contributed by atoms with Gasteiger partial charge in [-0.15, -0.1) is 0 Å². The molecule has 0 bridgehead atoms. The van der Waals surface area contributed by atoms with Gasteiger partial charge in [0.1, 0.15) is 0 Å². The van der Waals surface area contributed by atoms with Crippen LogP contribution in [-0.4, -0.2) is 42.8 Å². The predicted octanol–water partition coefficient (Wildman–Crippen LogP) is 2.69. The van der Waals surface area contributed by atoms with Gasteiger partial charge in [-0.1, -0.05) is 23.7 Å². The number of nitrogens with one attached hydrogen (secondary N) is 1. The van der Waals surface area contributed by atoms with E-state index in [0.29, 0.717) is 6.04 Å². The van der Waals surface area contributed by atoms with Crippen LogP contribution in [0, 0.1) is 5.92 Å². The monoisotopic (exact) mass is 296 g/mol. The van der Waals surface area contributed by atoms with Gasteiger partial charge in [0, 0.05) is 17.6 Å². The Hall–Kier alpha value is -0.610. The summed E-state index contributed by atoms with van der Waals surface area (Å²) in [5, 5.41) is 13.4. The number of hydrogen-bond acceptors (Lipinski definition) is 3. The lowest BCUT2D eigenvalue weighted by Gasteiger charge is -2.32. The number of benzene rings is 1. The second-order valence-corrected chi connectivity index (χ2v) is 6.13. The van der Waals surface area contributed by atoms with Crippen LogP contribution in [0.4, 0.5) is 0 Å². The van der Waals surface area contributed by atoms with Crippen molar-refractivity contribution in [3.63, 3.8) is 0 Å². The van der Waals surface area contributed by atoms with Crippen LogP contribution in [0.3, 0.4) is 0 Å². The van der Waals surface area contributed by atoms with Crippen molar-refractivity contribution < 1.29 is 5.11 Å². The SMILES string of the molecule is C[C@H](NCC1CCN(CCO)CC1)c1ccc(Cl)cc1. The molecule has 0 radical (unpaired) electrons. The Labute approximate surface area is 126 Å². The van der Waals surface area contributed by atoms with Crippen LogP contribution >= 0.6 is 11.6 Å². The summed E-state index contributed by atoms with van der Waals surface area (Å²) in [6, 6.07) is 8.43. The minimum absolute atomic E-state index is 0.274. The topological polar surface area (TPSA) is 35.5 Å². The summed E-state index contributed by atoms with van der Waals surface area (Å²) in [4.78, 5) is 2.35. The van der Waals surface area contributed by atoms with Gasteiger partial charge in [-0.25, -0.2) is 0 Å². The first-order valence-electron chi connectivity index (χ1n) is 7.51. The highest BCUT2D eigenvalue weighted by Gasteiger charge is 2.19. The molecule has 4 heteroatoms. The highest BCUT2D eigenvalue weighted by molar-refractivity contribution is 6.30. The van der Waals surface area contributed by atoms with Crippen molar-refractivity contribution in [2.45, 2.75) is 25.8 Å². The van der Waals surface area contributed by atoms with Crippen molar-refractivity contribution in [2.75, 3.05) is 32.8 Å². The zero-order valence-electron chi connectivity index (χ0n) is 12.2. The summed E-state index contributed by atoms with van der Waals surface area (Å²) in [6.07, 6.45) is 2.45. The Bertz CT molecular complexity index is 388. The molecule has 1 aromatic carbocycles. The molecule has 3 nitrogen and oxygen atoms in total. The lowest BCUT2D eigenvalue weighted by atomic mass is 9.96. The van der Waals surface area contributed by atoms with Crippen LogP contribution in [0.15, 0.2) is 24.3 Å². The van der Waals surface area contributed by atoms with Crippen molar-refractivity contribution >= 4 is 11.6 Å². The number of aliphatic hydroxyl groups is 1. The number of β-amino-alcohol motifs (C(OH)–C–C–N with tert-alkyl or cyclic N) is 1. The molecule has 1 aliphatic rings. The predicted molar refractivity (Wildman–Crippen MR) is 84.1 cm³/mol. The number of nitrogens with zero attached hydrogens (tertiary/aromatic N) is 1. The summed E-state index contributed by atoms with van der Waals surface area (Å²) < 4.78 is 0. The van der Waals surface area contributed by atoms with Crippen LogP contribution in [0.1, 0.15) is 31.4 Å². The lowest BCUT2D eigenvalue weighted by Crippen LogP contribution is -2.39. The molecule has 2 N–H and O–H groups in total. The molecule has 0 spiro atoms. The highest BCUT2D eigenvalue weighted by atomic mass is 35.5. The van der Waals surface area contributed by atoms with E-state index in [0.717, 1.165) is 37.1 Å². The fraction of sp³-hybridized carbons (Fsp3) is 0.625. The fourth-order valence-electron chi connectivity index (χ4n) is 2.77. The Morgan fingerprint density at radius 1 is 1.30 bits per heavy atom. The highest BCUT2D eigenvalue weighted by Crippen LogP contribution is 2.19. The zero-order valence-corrected chi connectivity index (χ0v) is 12.9. The summed E-state index contributed by atoms with van der Waals surface area (Å²) in [5.74, 6) is 0.750. The molecule has 0 saturated carbocycles. The van der Waals surface area contributed by atoms with Crippen LogP contribution in [0.25, 0.3) is 0 Å². The summed E-state index contributed by atoms with van der Waals surface area (Å²) in [6.45, 7) is 6.59. The van der Waals surface area contributed by atoms with E-state index in [9.17, 15) is 0 Å². The first-order valence-corrected chi connectivity index (χ1v) is 7.89.